The van der Waals surface area contributed by atoms with Gasteiger partial charge in [-0.15, -0.1) is 0 Å². The molecule has 228 valence electrons. The van der Waals surface area contributed by atoms with Crippen LogP contribution in [-0.4, -0.2) is 4.57 Å². The van der Waals surface area contributed by atoms with Gasteiger partial charge in [0.05, 0.1) is 0 Å². The second-order valence-electron chi connectivity index (χ2n) is 11.6. The third kappa shape index (κ3) is 7.46. The number of aryl methyl sites for hydroxylation is 1. The number of hydrogen-bond donors (Lipinski definition) is 1. The van der Waals surface area contributed by atoms with E-state index in [9.17, 15) is 0 Å². The van der Waals surface area contributed by atoms with Gasteiger partial charge < -0.3 is 10.3 Å². The minimum atomic E-state index is 0.826. The number of hydrogen-bond acceptors (Lipinski definition) is 1. The van der Waals surface area contributed by atoms with Crippen molar-refractivity contribution in [1.82, 2.24) is 4.57 Å². The number of allylic oxidation sites excluding steroid dienone is 6. The summed E-state index contributed by atoms with van der Waals surface area (Å²) in [5.74, 6) is 0. The number of benzene rings is 5. The number of fused-ring (bicyclic) bond motifs is 1. The summed E-state index contributed by atoms with van der Waals surface area (Å²) in [6.45, 7) is 7.64. The van der Waals surface area contributed by atoms with Gasteiger partial charge in [-0.25, -0.2) is 0 Å². The van der Waals surface area contributed by atoms with Gasteiger partial charge in [0, 0.05) is 39.3 Å². The molecule has 5 aromatic carbocycles. The molecule has 2 heteroatoms. The lowest BCUT2D eigenvalue weighted by Gasteiger charge is -2.07. The third-order valence-electron chi connectivity index (χ3n) is 8.39. The first-order valence-corrected chi connectivity index (χ1v) is 16.5. The SMILES string of the molecule is CCCC.CCCCn1/c(=C/C=C/C(=C/C=C/Cc2cccc3cccc(N)c23)c2ccccc2)c2cccc3cccc1c32. The molecule has 2 nitrogen and oxygen atoms in total. The molecule has 0 aliphatic carbocycles. The number of nitrogen functional groups attached to an aromatic ring is 1. The molecule has 0 saturated carbocycles. The summed E-state index contributed by atoms with van der Waals surface area (Å²) in [5.41, 5.74) is 12.1. The Hall–Kier alpha value is -4.82. The maximum atomic E-state index is 6.33. The van der Waals surface area contributed by atoms with E-state index >= 15 is 0 Å². The van der Waals surface area contributed by atoms with Crippen LogP contribution in [0.5, 0.6) is 0 Å². The van der Waals surface area contributed by atoms with Crippen molar-refractivity contribution in [3.05, 3.63) is 150 Å². The summed E-state index contributed by atoms with van der Waals surface area (Å²) in [5, 5.41) is 7.60. The van der Waals surface area contributed by atoms with Gasteiger partial charge in [0.15, 0.2) is 0 Å². The number of nitrogens with zero attached hydrogens (tertiary/aromatic N) is 1. The van der Waals surface area contributed by atoms with Crippen molar-refractivity contribution < 1.29 is 0 Å². The van der Waals surface area contributed by atoms with Crippen LogP contribution < -0.4 is 11.1 Å². The van der Waals surface area contributed by atoms with Gasteiger partial charge in [-0.1, -0.05) is 161 Å². The number of anilines is 1. The zero-order valence-corrected chi connectivity index (χ0v) is 27.0. The molecule has 6 rings (SSSR count). The van der Waals surface area contributed by atoms with E-state index < -0.39 is 0 Å². The lowest BCUT2D eigenvalue weighted by atomic mass is 10.00. The normalized spacial score (nSPS) is 12.6. The van der Waals surface area contributed by atoms with E-state index in [-0.39, 0.29) is 0 Å². The Labute approximate surface area is 268 Å². The molecule has 6 aromatic rings. The number of unbranched alkanes of at least 4 members (excludes halogenated alkanes) is 2. The molecule has 0 atom stereocenters. The van der Waals surface area contributed by atoms with Gasteiger partial charge >= 0.3 is 0 Å². The van der Waals surface area contributed by atoms with E-state index in [1.165, 1.54) is 68.4 Å². The van der Waals surface area contributed by atoms with Gasteiger partial charge in [0.2, 0.25) is 0 Å². The molecule has 0 unspecified atom stereocenters. The molecular weight excluding hydrogens is 544 g/mol. The van der Waals surface area contributed by atoms with Crippen molar-refractivity contribution in [3.63, 3.8) is 0 Å². The highest BCUT2D eigenvalue weighted by molar-refractivity contribution is 6.10. The monoisotopic (exact) mass is 590 g/mol. The van der Waals surface area contributed by atoms with Crippen LogP contribution in [0.2, 0.25) is 0 Å². The maximum absolute atomic E-state index is 6.33. The zero-order chi connectivity index (χ0) is 31.4. The van der Waals surface area contributed by atoms with Crippen LogP contribution in [0.1, 0.15) is 57.6 Å². The van der Waals surface area contributed by atoms with Gasteiger partial charge in [-0.05, 0) is 58.5 Å². The van der Waals surface area contributed by atoms with E-state index in [2.05, 4.69) is 153 Å². The number of rotatable bonds is 10. The molecule has 45 heavy (non-hydrogen) atoms. The predicted molar refractivity (Wildman–Crippen MR) is 199 cm³/mol. The lowest BCUT2D eigenvalue weighted by Crippen LogP contribution is -2.16. The summed E-state index contributed by atoms with van der Waals surface area (Å²) < 4.78 is 2.49. The number of nitrogens with two attached hydrogens (primary N) is 1. The molecule has 0 amide bonds. The number of aromatic nitrogens is 1. The van der Waals surface area contributed by atoms with Crippen molar-refractivity contribution in [2.45, 2.75) is 59.4 Å². The minimum Gasteiger partial charge on any atom is -0.398 e. The summed E-state index contributed by atoms with van der Waals surface area (Å²) in [4.78, 5) is 0. The van der Waals surface area contributed by atoms with Crippen molar-refractivity contribution in [2.75, 3.05) is 5.73 Å². The quantitative estimate of drug-likeness (QED) is 0.125. The van der Waals surface area contributed by atoms with Crippen LogP contribution in [0.15, 0.2) is 134 Å². The third-order valence-corrected chi connectivity index (χ3v) is 8.39. The standard InChI is InChI=1S/C39H36N2.C4H10/c1-2-3-28-41-36(34-24-10-21-33-23-13-27-37(41)39(33)34)26-12-18-30(29-14-5-4-6-15-29)16-7-8-17-31-19-9-20-32-22-11-25-35(40)38(31)32;1-3-4-2/h4-16,18-27H,2-3,17,28,40H2,1H3;3-4H2,1-2H3/b8-7+,18-12+,30-16-,36-26+;. The van der Waals surface area contributed by atoms with E-state index in [4.69, 9.17) is 5.73 Å². The first-order chi connectivity index (χ1) is 22.2. The second kappa shape index (κ2) is 15.8. The molecule has 0 saturated heterocycles. The van der Waals surface area contributed by atoms with Gasteiger partial charge in [0.25, 0.3) is 0 Å². The van der Waals surface area contributed by atoms with Crippen LogP contribution >= 0.6 is 0 Å². The molecule has 1 heterocycles. The van der Waals surface area contributed by atoms with Gasteiger partial charge in [-0.2, -0.15) is 0 Å². The maximum Gasteiger partial charge on any atom is 0.0497 e. The highest BCUT2D eigenvalue weighted by Crippen LogP contribution is 2.27. The molecule has 0 aliphatic heterocycles. The Bertz CT molecular complexity index is 1970. The Morgan fingerprint density at radius 3 is 2.11 bits per heavy atom. The Balaban J connectivity index is 0.000000945. The molecule has 1 aromatic heterocycles. The smallest absolute Gasteiger partial charge is 0.0497 e. The van der Waals surface area contributed by atoms with E-state index in [1.54, 1.807) is 0 Å². The van der Waals surface area contributed by atoms with Crippen LogP contribution in [0.4, 0.5) is 5.69 Å². The summed E-state index contributed by atoms with van der Waals surface area (Å²) in [6, 6.07) is 36.4. The van der Waals surface area contributed by atoms with Crippen LogP contribution in [0.3, 0.4) is 0 Å². The zero-order valence-electron chi connectivity index (χ0n) is 27.0. The first kappa shape index (κ1) is 31.6. The predicted octanol–water partition coefficient (Wildman–Crippen LogP) is 11.1. The second-order valence-corrected chi connectivity index (χ2v) is 11.6. The fourth-order valence-electron chi connectivity index (χ4n) is 5.88. The Kier molecular flexibility index (Phi) is 11.1. The topological polar surface area (TPSA) is 30.9 Å². The molecule has 0 bridgehead atoms. The fourth-order valence-corrected chi connectivity index (χ4v) is 5.88. The average Bonchev–Trinajstić information content (AvgIpc) is 3.39. The van der Waals surface area contributed by atoms with Gasteiger partial charge in [0.1, 0.15) is 0 Å². The van der Waals surface area contributed by atoms with Gasteiger partial charge in [-0.3, -0.25) is 0 Å². The highest BCUT2D eigenvalue weighted by atomic mass is 15.0. The lowest BCUT2D eigenvalue weighted by molar-refractivity contribution is 0.640. The van der Waals surface area contributed by atoms with E-state index in [0.29, 0.717) is 0 Å². The minimum absolute atomic E-state index is 0.826. The van der Waals surface area contributed by atoms with Crippen molar-refractivity contribution in [3.8, 4) is 0 Å². The average molecular weight is 591 g/mol. The van der Waals surface area contributed by atoms with Crippen molar-refractivity contribution in [1.29, 1.82) is 0 Å². The molecule has 0 fully saturated rings. The largest absolute Gasteiger partial charge is 0.398 e. The molecule has 0 aliphatic rings. The van der Waals surface area contributed by atoms with Crippen LogP contribution in [0, 0.1) is 0 Å². The summed E-state index contributed by atoms with van der Waals surface area (Å²) >= 11 is 0. The van der Waals surface area contributed by atoms with Crippen molar-refractivity contribution in [2.24, 2.45) is 0 Å². The van der Waals surface area contributed by atoms with Crippen LogP contribution in [-0.2, 0) is 13.0 Å². The fraction of sp³-hybridized carbons (Fsp3) is 0.209. The van der Waals surface area contributed by atoms with Crippen molar-refractivity contribution >= 4 is 49.8 Å². The summed E-state index contributed by atoms with van der Waals surface area (Å²) in [7, 11) is 0. The first-order valence-electron chi connectivity index (χ1n) is 16.5. The highest BCUT2D eigenvalue weighted by Gasteiger charge is 2.10. The molecular formula is C43H46N2. The molecule has 0 spiro atoms. The summed E-state index contributed by atoms with van der Waals surface area (Å²) in [6.07, 6.45) is 19.1. The Morgan fingerprint density at radius 1 is 0.689 bits per heavy atom. The molecule has 2 N–H and O–H groups in total. The molecule has 0 radical (unpaired) electrons. The van der Waals surface area contributed by atoms with E-state index in [1.807, 2.05) is 12.1 Å². The van der Waals surface area contributed by atoms with Crippen LogP contribution in [0.25, 0.3) is 44.1 Å². The Morgan fingerprint density at radius 2 is 1.38 bits per heavy atom. The van der Waals surface area contributed by atoms with E-state index in [0.717, 1.165) is 30.5 Å².